The van der Waals surface area contributed by atoms with E-state index in [-0.39, 0.29) is 0 Å². The number of aromatic nitrogens is 1. The van der Waals surface area contributed by atoms with Crippen molar-refractivity contribution in [2.24, 2.45) is 5.92 Å². The second-order valence-corrected chi connectivity index (χ2v) is 5.11. The molecule has 0 saturated heterocycles. The summed E-state index contributed by atoms with van der Waals surface area (Å²) in [6, 6.07) is 0.408. The molecule has 84 valence electrons. The van der Waals surface area contributed by atoms with Gasteiger partial charge in [0, 0.05) is 12.2 Å². The van der Waals surface area contributed by atoms with Crippen LogP contribution in [0.2, 0.25) is 0 Å². The van der Waals surface area contributed by atoms with E-state index in [0.29, 0.717) is 17.6 Å². The number of anilines is 2. The van der Waals surface area contributed by atoms with Gasteiger partial charge in [-0.15, -0.1) is 0 Å². The van der Waals surface area contributed by atoms with Crippen LogP contribution in [0.25, 0.3) is 0 Å². The highest BCUT2D eigenvalue weighted by Crippen LogP contribution is 2.28. The molecule has 1 aromatic rings. The van der Waals surface area contributed by atoms with Gasteiger partial charge in [0.15, 0.2) is 0 Å². The van der Waals surface area contributed by atoms with Crippen molar-refractivity contribution in [2.45, 2.75) is 33.2 Å². The summed E-state index contributed by atoms with van der Waals surface area (Å²) < 4.78 is 0.915. The summed E-state index contributed by atoms with van der Waals surface area (Å²) in [4.78, 5) is 4.00. The average Bonchev–Trinajstić information content (AvgIpc) is 2.10. The molecule has 3 nitrogen and oxygen atoms in total. The van der Waals surface area contributed by atoms with Gasteiger partial charge >= 0.3 is 0 Å². The first-order valence-electron chi connectivity index (χ1n) is 5.16. The standard InChI is InChI=1S/C11H18BrN3/c1-7(2)4-8(3)15-11-9(12)5-14-6-10(11)13/h5-8H,4,13H2,1-3H3,(H,14,15). The second kappa shape index (κ2) is 5.35. The van der Waals surface area contributed by atoms with Crippen LogP contribution in [-0.2, 0) is 0 Å². The zero-order chi connectivity index (χ0) is 11.4. The normalized spacial score (nSPS) is 12.9. The number of nitrogens with two attached hydrogens (primary N) is 1. The smallest absolute Gasteiger partial charge is 0.0752 e. The van der Waals surface area contributed by atoms with Crippen LogP contribution in [0.5, 0.6) is 0 Å². The first-order valence-corrected chi connectivity index (χ1v) is 5.95. The zero-order valence-corrected chi connectivity index (χ0v) is 11.0. The van der Waals surface area contributed by atoms with Crippen LogP contribution in [0.4, 0.5) is 11.4 Å². The summed E-state index contributed by atoms with van der Waals surface area (Å²) >= 11 is 3.44. The van der Waals surface area contributed by atoms with Crippen molar-refractivity contribution < 1.29 is 0 Å². The van der Waals surface area contributed by atoms with Crippen molar-refractivity contribution >= 4 is 27.3 Å². The Bertz CT molecular complexity index is 305. The van der Waals surface area contributed by atoms with E-state index in [9.17, 15) is 0 Å². The highest BCUT2D eigenvalue weighted by atomic mass is 79.9. The van der Waals surface area contributed by atoms with Crippen molar-refractivity contribution in [1.82, 2.24) is 4.98 Å². The first-order chi connectivity index (χ1) is 7.00. The largest absolute Gasteiger partial charge is 0.396 e. The molecule has 3 N–H and O–H groups in total. The summed E-state index contributed by atoms with van der Waals surface area (Å²) in [5, 5.41) is 3.40. The molecule has 0 aliphatic heterocycles. The fraction of sp³-hybridized carbons (Fsp3) is 0.545. The van der Waals surface area contributed by atoms with Crippen molar-refractivity contribution in [1.29, 1.82) is 0 Å². The van der Waals surface area contributed by atoms with E-state index in [1.54, 1.807) is 12.4 Å². The van der Waals surface area contributed by atoms with E-state index in [4.69, 9.17) is 5.73 Å². The minimum absolute atomic E-state index is 0.408. The van der Waals surface area contributed by atoms with Gasteiger partial charge in [0.1, 0.15) is 0 Å². The molecule has 1 rings (SSSR count). The molecular weight excluding hydrogens is 254 g/mol. The van der Waals surface area contributed by atoms with Gasteiger partial charge < -0.3 is 11.1 Å². The van der Waals surface area contributed by atoms with Gasteiger partial charge in [0.25, 0.3) is 0 Å². The van der Waals surface area contributed by atoms with E-state index in [0.717, 1.165) is 16.6 Å². The average molecular weight is 272 g/mol. The summed E-state index contributed by atoms with van der Waals surface area (Å²) in [5.74, 6) is 0.675. The fourth-order valence-electron chi connectivity index (χ4n) is 1.61. The fourth-order valence-corrected chi connectivity index (χ4v) is 2.08. The van der Waals surface area contributed by atoms with E-state index in [1.807, 2.05) is 0 Å². The molecule has 0 amide bonds. The van der Waals surface area contributed by atoms with E-state index < -0.39 is 0 Å². The Balaban J connectivity index is 2.71. The molecule has 1 heterocycles. The van der Waals surface area contributed by atoms with Crippen LogP contribution in [0.3, 0.4) is 0 Å². The summed E-state index contributed by atoms with van der Waals surface area (Å²) in [6.07, 6.45) is 4.53. The van der Waals surface area contributed by atoms with Gasteiger partial charge in [-0.05, 0) is 35.2 Å². The predicted octanol–water partition coefficient (Wildman–Crippen LogP) is 3.27. The number of hydrogen-bond donors (Lipinski definition) is 2. The lowest BCUT2D eigenvalue weighted by atomic mass is 10.1. The number of rotatable bonds is 4. The lowest BCUT2D eigenvalue weighted by Gasteiger charge is -2.19. The first kappa shape index (κ1) is 12.3. The van der Waals surface area contributed by atoms with Crippen LogP contribution in [0.1, 0.15) is 27.2 Å². The number of nitrogens with zero attached hydrogens (tertiary/aromatic N) is 1. The van der Waals surface area contributed by atoms with Crippen molar-refractivity contribution in [3.05, 3.63) is 16.9 Å². The van der Waals surface area contributed by atoms with E-state index in [1.165, 1.54) is 0 Å². The predicted molar refractivity (Wildman–Crippen MR) is 68.9 cm³/mol. The van der Waals surface area contributed by atoms with E-state index in [2.05, 4.69) is 47.0 Å². The summed E-state index contributed by atoms with van der Waals surface area (Å²) in [5.41, 5.74) is 7.47. The van der Waals surface area contributed by atoms with Gasteiger partial charge in [-0.2, -0.15) is 0 Å². The van der Waals surface area contributed by atoms with Crippen LogP contribution in [-0.4, -0.2) is 11.0 Å². The maximum atomic E-state index is 5.85. The van der Waals surface area contributed by atoms with Crippen LogP contribution >= 0.6 is 15.9 Å². The SMILES string of the molecule is CC(C)CC(C)Nc1c(N)cncc1Br. The molecule has 0 aromatic carbocycles. The van der Waals surface area contributed by atoms with Gasteiger partial charge in [-0.25, -0.2) is 0 Å². The Morgan fingerprint density at radius 1 is 1.40 bits per heavy atom. The van der Waals surface area contributed by atoms with Crippen LogP contribution < -0.4 is 11.1 Å². The summed E-state index contributed by atoms with van der Waals surface area (Å²) in [7, 11) is 0. The number of pyridine rings is 1. The monoisotopic (exact) mass is 271 g/mol. The van der Waals surface area contributed by atoms with Gasteiger partial charge in [0.05, 0.1) is 22.0 Å². The molecule has 4 heteroatoms. The van der Waals surface area contributed by atoms with Crippen molar-refractivity contribution in [3.63, 3.8) is 0 Å². The third-order valence-corrected chi connectivity index (χ3v) is 2.75. The second-order valence-electron chi connectivity index (χ2n) is 4.26. The highest BCUT2D eigenvalue weighted by Gasteiger charge is 2.09. The Hall–Kier alpha value is -0.770. The Morgan fingerprint density at radius 3 is 2.60 bits per heavy atom. The van der Waals surface area contributed by atoms with Crippen LogP contribution in [0, 0.1) is 5.92 Å². The molecular formula is C11H18BrN3. The Kier molecular flexibility index (Phi) is 4.39. The number of halogens is 1. The molecule has 0 spiro atoms. The Morgan fingerprint density at radius 2 is 2.07 bits per heavy atom. The van der Waals surface area contributed by atoms with Crippen LogP contribution in [0.15, 0.2) is 16.9 Å². The summed E-state index contributed by atoms with van der Waals surface area (Å²) in [6.45, 7) is 6.58. The number of hydrogen-bond acceptors (Lipinski definition) is 3. The third kappa shape index (κ3) is 3.70. The lowest BCUT2D eigenvalue weighted by molar-refractivity contribution is 0.540. The van der Waals surface area contributed by atoms with Gasteiger partial charge in [0.2, 0.25) is 0 Å². The third-order valence-electron chi connectivity index (χ3n) is 2.14. The molecule has 0 bridgehead atoms. The molecule has 1 unspecified atom stereocenters. The molecule has 0 radical (unpaired) electrons. The molecule has 0 aliphatic carbocycles. The Labute approximate surface area is 99.6 Å². The molecule has 1 atom stereocenters. The van der Waals surface area contributed by atoms with E-state index >= 15 is 0 Å². The van der Waals surface area contributed by atoms with Gasteiger partial charge in [-0.1, -0.05) is 13.8 Å². The quantitative estimate of drug-likeness (QED) is 0.884. The maximum absolute atomic E-state index is 5.85. The molecule has 0 aliphatic rings. The molecule has 0 saturated carbocycles. The lowest BCUT2D eigenvalue weighted by Crippen LogP contribution is -2.18. The minimum atomic E-state index is 0.408. The molecule has 1 aromatic heterocycles. The molecule has 15 heavy (non-hydrogen) atoms. The number of nitrogens with one attached hydrogen (secondary N) is 1. The zero-order valence-electron chi connectivity index (χ0n) is 9.42. The topological polar surface area (TPSA) is 50.9 Å². The molecule has 0 fully saturated rings. The maximum Gasteiger partial charge on any atom is 0.0752 e. The number of nitrogen functional groups attached to an aromatic ring is 1. The van der Waals surface area contributed by atoms with Crippen molar-refractivity contribution in [3.8, 4) is 0 Å². The minimum Gasteiger partial charge on any atom is -0.396 e. The highest BCUT2D eigenvalue weighted by molar-refractivity contribution is 9.10. The van der Waals surface area contributed by atoms with Crippen molar-refractivity contribution in [2.75, 3.05) is 11.1 Å². The van der Waals surface area contributed by atoms with Gasteiger partial charge in [-0.3, -0.25) is 4.98 Å².